The number of carbonyl (C=O) groups is 1. The molecule has 0 aliphatic carbocycles. The summed E-state index contributed by atoms with van der Waals surface area (Å²) in [6, 6.07) is 11.2. The van der Waals surface area contributed by atoms with Gasteiger partial charge < -0.3 is 15.4 Å². The average molecular weight is 298 g/mol. The standard InChI is InChI=1S/C16H18N4O2/c1-11-9-20(10-13(11)15(17)21)16-18-8-7-14(19-16)22-12-5-3-2-4-6-12/h2-8,11,13H,9-10H2,1H3,(H2,17,21)/t11-,13-/m1/s1. The van der Waals surface area contributed by atoms with E-state index in [1.807, 2.05) is 42.2 Å². The van der Waals surface area contributed by atoms with Crippen LogP contribution in [0.1, 0.15) is 6.92 Å². The Morgan fingerprint density at radius 2 is 2.05 bits per heavy atom. The third kappa shape index (κ3) is 3.00. The molecule has 22 heavy (non-hydrogen) atoms. The lowest BCUT2D eigenvalue weighted by atomic mass is 9.98. The summed E-state index contributed by atoms with van der Waals surface area (Å²) in [6.45, 7) is 3.27. The van der Waals surface area contributed by atoms with Crippen LogP contribution in [0.3, 0.4) is 0 Å². The first-order valence-electron chi connectivity index (χ1n) is 7.23. The van der Waals surface area contributed by atoms with Gasteiger partial charge in [0.1, 0.15) is 5.75 Å². The number of nitrogens with two attached hydrogens (primary N) is 1. The molecule has 6 heteroatoms. The third-order valence-electron chi connectivity index (χ3n) is 3.84. The van der Waals surface area contributed by atoms with Crippen molar-refractivity contribution in [3.05, 3.63) is 42.6 Å². The molecular weight excluding hydrogens is 280 g/mol. The van der Waals surface area contributed by atoms with Crippen LogP contribution in [-0.2, 0) is 4.79 Å². The molecule has 114 valence electrons. The van der Waals surface area contributed by atoms with E-state index in [1.165, 1.54) is 0 Å². The molecule has 6 nitrogen and oxygen atoms in total. The summed E-state index contributed by atoms with van der Waals surface area (Å²) in [5, 5.41) is 0. The van der Waals surface area contributed by atoms with Gasteiger partial charge in [0.25, 0.3) is 0 Å². The number of hydrogen-bond donors (Lipinski definition) is 1. The van der Waals surface area contributed by atoms with Crippen LogP contribution >= 0.6 is 0 Å². The highest BCUT2D eigenvalue weighted by molar-refractivity contribution is 5.78. The van der Waals surface area contributed by atoms with Crippen LogP contribution < -0.4 is 15.4 Å². The Bertz CT molecular complexity index is 662. The topological polar surface area (TPSA) is 81.3 Å². The summed E-state index contributed by atoms with van der Waals surface area (Å²) in [5.74, 6) is 1.51. The highest BCUT2D eigenvalue weighted by atomic mass is 16.5. The fourth-order valence-electron chi connectivity index (χ4n) is 2.65. The number of hydrogen-bond acceptors (Lipinski definition) is 5. The molecule has 1 fully saturated rings. The zero-order chi connectivity index (χ0) is 15.5. The van der Waals surface area contributed by atoms with Crippen molar-refractivity contribution < 1.29 is 9.53 Å². The van der Waals surface area contributed by atoms with Crippen LogP contribution in [0.4, 0.5) is 5.95 Å². The number of rotatable bonds is 4. The Morgan fingerprint density at radius 3 is 2.73 bits per heavy atom. The van der Waals surface area contributed by atoms with Gasteiger partial charge in [-0.25, -0.2) is 4.98 Å². The van der Waals surface area contributed by atoms with Crippen molar-refractivity contribution in [3.63, 3.8) is 0 Å². The first-order valence-corrected chi connectivity index (χ1v) is 7.23. The summed E-state index contributed by atoms with van der Waals surface area (Å²) in [4.78, 5) is 22.1. The Morgan fingerprint density at radius 1 is 1.27 bits per heavy atom. The summed E-state index contributed by atoms with van der Waals surface area (Å²) in [5.41, 5.74) is 5.43. The number of carbonyl (C=O) groups excluding carboxylic acids is 1. The van der Waals surface area contributed by atoms with E-state index in [0.717, 1.165) is 5.75 Å². The van der Waals surface area contributed by atoms with Gasteiger partial charge in [-0.15, -0.1) is 0 Å². The zero-order valence-electron chi connectivity index (χ0n) is 12.3. The lowest BCUT2D eigenvalue weighted by Gasteiger charge is -2.16. The van der Waals surface area contributed by atoms with Crippen LogP contribution in [0.15, 0.2) is 42.6 Å². The quantitative estimate of drug-likeness (QED) is 0.931. The van der Waals surface area contributed by atoms with Crippen molar-refractivity contribution in [1.82, 2.24) is 9.97 Å². The van der Waals surface area contributed by atoms with Crippen LogP contribution in [0.25, 0.3) is 0 Å². The first kappa shape index (κ1) is 14.3. The number of para-hydroxylation sites is 1. The van der Waals surface area contributed by atoms with Gasteiger partial charge in [-0.3, -0.25) is 4.79 Å². The number of aromatic nitrogens is 2. The number of primary amides is 1. The minimum absolute atomic E-state index is 0.165. The molecule has 0 unspecified atom stereocenters. The van der Waals surface area contributed by atoms with Crippen molar-refractivity contribution in [1.29, 1.82) is 0 Å². The van der Waals surface area contributed by atoms with Crippen molar-refractivity contribution in [2.45, 2.75) is 6.92 Å². The lowest BCUT2D eigenvalue weighted by molar-refractivity contribution is -0.122. The summed E-state index contributed by atoms with van der Waals surface area (Å²) < 4.78 is 5.71. The van der Waals surface area contributed by atoms with Gasteiger partial charge in [0.15, 0.2) is 0 Å². The van der Waals surface area contributed by atoms with Gasteiger partial charge in [-0.1, -0.05) is 25.1 Å². The highest BCUT2D eigenvalue weighted by Gasteiger charge is 2.34. The molecule has 3 rings (SSSR count). The highest BCUT2D eigenvalue weighted by Crippen LogP contribution is 2.27. The fraction of sp³-hybridized carbons (Fsp3) is 0.312. The second kappa shape index (κ2) is 6.01. The van der Waals surface area contributed by atoms with Gasteiger partial charge in [0.2, 0.25) is 17.7 Å². The molecule has 0 spiro atoms. The maximum absolute atomic E-state index is 11.4. The molecule has 2 aromatic rings. The molecule has 2 heterocycles. The maximum Gasteiger partial charge on any atom is 0.228 e. The third-order valence-corrected chi connectivity index (χ3v) is 3.84. The van der Waals surface area contributed by atoms with Crippen LogP contribution in [0, 0.1) is 11.8 Å². The van der Waals surface area contributed by atoms with Gasteiger partial charge in [0.05, 0.1) is 5.92 Å². The number of benzene rings is 1. The molecule has 1 saturated heterocycles. The number of anilines is 1. The SMILES string of the molecule is C[C@@H]1CN(c2nccc(Oc3ccccc3)n2)C[C@H]1C(N)=O. The Kier molecular flexibility index (Phi) is 3.91. The molecule has 1 aromatic carbocycles. The van der Waals surface area contributed by atoms with Crippen molar-refractivity contribution in [3.8, 4) is 11.6 Å². The minimum Gasteiger partial charge on any atom is -0.439 e. The second-order valence-electron chi connectivity index (χ2n) is 5.50. The lowest BCUT2D eigenvalue weighted by Crippen LogP contribution is -2.29. The molecule has 0 saturated carbocycles. The predicted octanol–water partition coefficient (Wildman–Crippen LogP) is 1.83. The van der Waals surface area contributed by atoms with Gasteiger partial charge >= 0.3 is 0 Å². The molecule has 0 bridgehead atoms. The van der Waals surface area contributed by atoms with E-state index in [-0.39, 0.29) is 17.7 Å². The number of nitrogens with zero attached hydrogens (tertiary/aromatic N) is 3. The Balaban J connectivity index is 1.76. The normalized spacial score (nSPS) is 20.9. The summed E-state index contributed by atoms with van der Waals surface area (Å²) in [6.07, 6.45) is 1.66. The van der Waals surface area contributed by atoms with E-state index in [1.54, 1.807) is 12.3 Å². The minimum atomic E-state index is -0.272. The molecule has 1 aliphatic heterocycles. The van der Waals surface area contributed by atoms with Gasteiger partial charge in [0, 0.05) is 25.4 Å². The van der Waals surface area contributed by atoms with E-state index in [4.69, 9.17) is 10.5 Å². The van der Waals surface area contributed by atoms with Crippen molar-refractivity contribution in [2.75, 3.05) is 18.0 Å². The smallest absolute Gasteiger partial charge is 0.228 e. The van der Waals surface area contributed by atoms with E-state index < -0.39 is 0 Å². The first-order chi connectivity index (χ1) is 10.6. The molecule has 2 N–H and O–H groups in total. The molecule has 1 amide bonds. The predicted molar refractivity (Wildman–Crippen MR) is 82.6 cm³/mol. The number of amides is 1. The zero-order valence-corrected chi connectivity index (χ0v) is 12.3. The van der Waals surface area contributed by atoms with E-state index >= 15 is 0 Å². The van der Waals surface area contributed by atoms with Crippen molar-refractivity contribution in [2.24, 2.45) is 17.6 Å². The molecule has 0 radical (unpaired) electrons. The van der Waals surface area contributed by atoms with Gasteiger partial charge in [-0.05, 0) is 18.1 Å². The fourth-order valence-corrected chi connectivity index (χ4v) is 2.65. The molecule has 1 aromatic heterocycles. The van der Waals surface area contributed by atoms with E-state index in [2.05, 4.69) is 9.97 Å². The molecular formula is C16H18N4O2. The van der Waals surface area contributed by atoms with Crippen LogP contribution in [-0.4, -0.2) is 29.0 Å². The molecule has 2 atom stereocenters. The summed E-state index contributed by atoms with van der Waals surface area (Å²) in [7, 11) is 0. The second-order valence-corrected chi connectivity index (χ2v) is 5.50. The maximum atomic E-state index is 11.4. The van der Waals surface area contributed by atoms with Gasteiger partial charge in [-0.2, -0.15) is 4.98 Å². The van der Waals surface area contributed by atoms with E-state index in [9.17, 15) is 4.79 Å². The monoisotopic (exact) mass is 298 g/mol. The average Bonchev–Trinajstić information content (AvgIpc) is 2.91. The number of ether oxygens (including phenoxy) is 1. The largest absolute Gasteiger partial charge is 0.439 e. The molecule has 1 aliphatic rings. The van der Waals surface area contributed by atoms with Crippen molar-refractivity contribution >= 4 is 11.9 Å². The van der Waals surface area contributed by atoms with Crippen LogP contribution in [0.2, 0.25) is 0 Å². The van der Waals surface area contributed by atoms with E-state index in [0.29, 0.717) is 24.9 Å². The summed E-state index contributed by atoms with van der Waals surface area (Å²) >= 11 is 0. The Labute approximate surface area is 128 Å². The van der Waals surface area contributed by atoms with Crippen LogP contribution in [0.5, 0.6) is 11.6 Å². The Hall–Kier alpha value is -2.63.